The Kier molecular flexibility index (Phi) is 4.12. The van der Waals surface area contributed by atoms with Gasteiger partial charge in [0.25, 0.3) is 0 Å². The number of rotatable bonds is 5. The van der Waals surface area contributed by atoms with Gasteiger partial charge in [0.2, 0.25) is 5.91 Å². The maximum absolute atomic E-state index is 11.4. The predicted octanol–water partition coefficient (Wildman–Crippen LogP) is 1.40. The summed E-state index contributed by atoms with van der Waals surface area (Å²) >= 11 is 0. The van der Waals surface area contributed by atoms with Crippen LogP contribution in [0.15, 0.2) is 0 Å². The Morgan fingerprint density at radius 3 is 2.47 bits per heavy atom. The van der Waals surface area contributed by atoms with Gasteiger partial charge in [0.15, 0.2) is 0 Å². The molecule has 1 rings (SSSR count). The average Bonchev–Trinajstić information content (AvgIpc) is 1.98. The predicted molar refractivity (Wildman–Crippen MR) is 56.4 cm³/mol. The lowest BCUT2D eigenvalue weighted by Crippen LogP contribution is -2.43. The van der Waals surface area contributed by atoms with Crippen LogP contribution in [0.3, 0.4) is 0 Å². The lowest BCUT2D eigenvalue weighted by Gasteiger charge is -2.33. The number of carboxylic acid groups (broad SMARTS) is 1. The van der Waals surface area contributed by atoms with E-state index in [1.807, 2.05) is 0 Å². The monoisotopic (exact) mass is 213 g/mol. The van der Waals surface area contributed by atoms with Gasteiger partial charge in [0, 0.05) is 18.9 Å². The number of hydrogen-bond donors (Lipinski definition) is 2. The first-order valence-corrected chi connectivity index (χ1v) is 5.48. The second kappa shape index (κ2) is 5.14. The minimum Gasteiger partial charge on any atom is -0.481 e. The Balaban J connectivity index is 2.15. The van der Waals surface area contributed by atoms with Gasteiger partial charge in [-0.05, 0) is 24.7 Å². The van der Waals surface area contributed by atoms with Crippen molar-refractivity contribution in [2.24, 2.45) is 11.8 Å². The van der Waals surface area contributed by atoms with Crippen LogP contribution in [0.4, 0.5) is 0 Å². The molecule has 2 N–H and O–H groups in total. The molecule has 1 fully saturated rings. The summed E-state index contributed by atoms with van der Waals surface area (Å²) in [6, 6.07) is 0.324. The molecule has 0 spiro atoms. The lowest BCUT2D eigenvalue weighted by molar-refractivity contribution is -0.138. The molecule has 0 aliphatic heterocycles. The van der Waals surface area contributed by atoms with E-state index in [1.165, 1.54) is 0 Å². The van der Waals surface area contributed by atoms with Crippen molar-refractivity contribution in [2.75, 3.05) is 0 Å². The van der Waals surface area contributed by atoms with Crippen LogP contribution >= 0.6 is 0 Å². The third kappa shape index (κ3) is 4.32. The van der Waals surface area contributed by atoms with Crippen LogP contribution in [0.2, 0.25) is 0 Å². The molecule has 1 aliphatic carbocycles. The van der Waals surface area contributed by atoms with Crippen molar-refractivity contribution in [3.05, 3.63) is 0 Å². The molecular weight excluding hydrogens is 194 g/mol. The Morgan fingerprint density at radius 2 is 2.00 bits per heavy atom. The van der Waals surface area contributed by atoms with E-state index >= 15 is 0 Å². The molecule has 1 saturated carbocycles. The Morgan fingerprint density at radius 1 is 1.40 bits per heavy atom. The van der Waals surface area contributed by atoms with Crippen molar-refractivity contribution in [3.63, 3.8) is 0 Å². The molecule has 0 aromatic heterocycles. The third-order valence-electron chi connectivity index (χ3n) is 2.80. The second-order valence-electron chi connectivity index (χ2n) is 4.75. The lowest BCUT2D eigenvalue weighted by atomic mass is 9.82. The van der Waals surface area contributed by atoms with E-state index in [0.29, 0.717) is 18.4 Å². The summed E-state index contributed by atoms with van der Waals surface area (Å²) in [7, 11) is 0. The van der Waals surface area contributed by atoms with Crippen LogP contribution in [0, 0.1) is 11.8 Å². The summed E-state index contributed by atoms with van der Waals surface area (Å²) in [5, 5.41) is 11.5. The maximum Gasteiger partial charge on any atom is 0.303 e. The molecule has 1 amide bonds. The van der Waals surface area contributed by atoms with Crippen molar-refractivity contribution >= 4 is 11.9 Å². The van der Waals surface area contributed by atoms with E-state index in [-0.39, 0.29) is 18.2 Å². The van der Waals surface area contributed by atoms with E-state index < -0.39 is 5.97 Å². The molecular formula is C11H19NO3. The summed E-state index contributed by atoms with van der Waals surface area (Å²) in [5.41, 5.74) is 0. The van der Waals surface area contributed by atoms with Crippen molar-refractivity contribution in [2.45, 2.75) is 45.6 Å². The van der Waals surface area contributed by atoms with Crippen molar-refractivity contribution in [3.8, 4) is 0 Å². The van der Waals surface area contributed by atoms with Crippen LogP contribution in [-0.4, -0.2) is 23.0 Å². The van der Waals surface area contributed by atoms with Gasteiger partial charge in [0.05, 0.1) is 0 Å². The van der Waals surface area contributed by atoms with Crippen LogP contribution in [0.25, 0.3) is 0 Å². The number of carbonyl (C=O) groups is 2. The highest BCUT2D eigenvalue weighted by Gasteiger charge is 2.26. The summed E-state index contributed by atoms with van der Waals surface area (Å²) in [6.07, 6.45) is 2.49. The zero-order chi connectivity index (χ0) is 11.4. The van der Waals surface area contributed by atoms with Gasteiger partial charge in [0.1, 0.15) is 0 Å². The Hall–Kier alpha value is -1.06. The van der Waals surface area contributed by atoms with Gasteiger partial charge in [-0.25, -0.2) is 0 Å². The minimum absolute atomic E-state index is 0.0133. The second-order valence-corrected chi connectivity index (χ2v) is 4.75. The van der Waals surface area contributed by atoms with E-state index in [1.54, 1.807) is 6.92 Å². The van der Waals surface area contributed by atoms with Gasteiger partial charge >= 0.3 is 5.97 Å². The molecule has 15 heavy (non-hydrogen) atoms. The fourth-order valence-corrected chi connectivity index (χ4v) is 1.99. The fourth-order valence-electron chi connectivity index (χ4n) is 1.99. The van der Waals surface area contributed by atoms with Crippen LogP contribution in [0.5, 0.6) is 0 Å². The molecule has 0 saturated heterocycles. The highest BCUT2D eigenvalue weighted by molar-refractivity contribution is 5.77. The topological polar surface area (TPSA) is 66.4 Å². The molecule has 1 atom stereocenters. The van der Waals surface area contributed by atoms with E-state index in [4.69, 9.17) is 5.11 Å². The first-order chi connectivity index (χ1) is 6.97. The SMILES string of the molecule is CC(CC(=O)O)CC(=O)NC1CC(C)C1. The zero-order valence-electron chi connectivity index (χ0n) is 9.32. The van der Waals surface area contributed by atoms with E-state index in [9.17, 15) is 9.59 Å². The van der Waals surface area contributed by atoms with Crippen LogP contribution in [0.1, 0.15) is 39.5 Å². The number of carboxylic acids is 1. The maximum atomic E-state index is 11.4. The minimum atomic E-state index is -0.840. The summed E-state index contributed by atoms with van der Waals surface area (Å²) in [6.45, 7) is 3.95. The standard InChI is InChI=1S/C11H19NO3/c1-7-3-9(4-7)12-10(13)5-8(2)6-11(14)15/h7-9H,3-6H2,1-2H3,(H,12,13)(H,14,15). The molecule has 0 aromatic rings. The Labute approximate surface area is 90.0 Å². The number of amides is 1. The largest absolute Gasteiger partial charge is 0.481 e. The zero-order valence-corrected chi connectivity index (χ0v) is 9.32. The van der Waals surface area contributed by atoms with E-state index in [2.05, 4.69) is 12.2 Å². The molecule has 4 heteroatoms. The van der Waals surface area contributed by atoms with Crippen LogP contribution < -0.4 is 5.32 Å². The number of carbonyl (C=O) groups excluding carboxylic acids is 1. The van der Waals surface area contributed by atoms with Crippen LogP contribution in [-0.2, 0) is 9.59 Å². The van der Waals surface area contributed by atoms with Crippen molar-refractivity contribution in [1.29, 1.82) is 0 Å². The molecule has 0 aromatic carbocycles. The summed E-state index contributed by atoms with van der Waals surface area (Å²) in [5.74, 6) is -0.222. The molecule has 0 bridgehead atoms. The van der Waals surface area contributed by atoms with Gasteiger partial charge in [-0.2, -0.15) is 0 Å². The smallest absolute Gasteiger partial charge is 0.303 e. The highest BCUT2D eigenvalue weighted by Crippen LogP contribution is 2.26. The number of nitrogens with one attached hydrogen (secondary N) is 1. The number of aliphatic carboxylic acids is 1. The van der Waals surface area contributed by atoms with Gasteiger partial charge < -0.3 is 10.4 Å². The summed E-state index contributed by atoms with van der Waals surface area (Å²) < 4.78 is 0. The van der Waals surface area contributed by atoms with Gasteiger partial charge in [-0.3, -0.25) is 9.59 Å². The summed E-state index contributed by atoms with van der Waals surface area (Å²) in [4.78, 5) is 21.8. The normalized spacial score (nSPS) is 26.5. The first kappa shape index (κ1) is 12.0. The number of hydrogen-bond acceptors (Lipinski definition) is 2. The highest BCUT2D eigenvalue weighted by atomic mass is 16.4. The van der Waals surface area contributed by atoms with E-state index in [0.717, 1.165) is 12.8 Å². The van der Waals surface area contributed by atoms with Gasteiger partial charge in [-0.15, -0.1) is 0 Å². The molecule has 0 heterocycles. The van der Waals surface area contributed by atoms with Crippen molar-refractivity contribution < 1.29 is 14.7 Å². The molecule has 0 radical (unpaired) electrons. The quantitative estimate of drug-likeness (QED) is 0.725. The molecule has 1 aliphatic rings. The molecule has 4 nitrogen and oxygen atoms in total. The first-order valence-electron chi connectivity index (χ1n) is 5.48. The average molecular weight is 213 g/mol. The third-order valence-corrected chi connectivity index (χ3v) is 2.80. The Bertz CT molecular complexity index is 246. The van der Waals surface area contributed by atoms with Crippen molar-refractivity contribution in [1.82, 2.24) is 5.32 Å². The fraction of sp³-hybridized carbons (Fsp3) is 0.818. The van der Waals surface area contributed by atoms with Gasteiger partial charge in [-0.1, -0.05) is 13.8 Å². The molecule has 86 valence electrons. The molecule has 1 unspecified atom stereocenters.